The molecule has 0 atom stereocenters. The number of hydrogen-bond donors (Lipinski definition) is 2. The van der Waals surface area contributed by atoms with E-state index < -0.39 is 0 Å². The van der Waals surface area contributed by atoms with Crippen LogP contribution in [0.3, 0.4) is 0 Å². The molecule has 3 heteroatoms. The number of allylic oxidation sites excluding steroid dienone is 3. The molecule has 1 aliphatic rings. The zero-order chi connectivity index (χ0) is 11.5. The predicted octanol–water partition coefficient (Wildman–Crippen LogP) is 3.76. The van der Waals surface area contributed by atoms with Crippen LogP contribution in [0, 0.1) is 0 Å². The van der Waals surface area contributed by atoms with E-state index in [9.17, 15) is 0 Å². The Balaban J connectivity index is 2.37. The number of anilines is 2. The van der Waals surface area contributed by atoms with Gasteiger partial charge in [-0.05, 0) is 31.2 Å². The average Bonchev–Trinajstić information content (AvgIpc) is 2.27. The Labute approximate surface area is 99.9 Å². The minimum absolute atomic E-state index is 0.783. The van der Waals surface area contributed by atoms with Crippen molar-refractivity contribution in [2.75, 3.05) is 11.1 Å². The standard InChI is InChI=1S/C13H14N2S/c1-3-4-5-12-9(2)15-11-7-6-10(14)8-13(11)16-12/h3-8,15H,2,14H2,1H3/b4-3-,12-5+. The third-order valence-corrected chi connectivity index (χ3v) is 3.41. The van der Waals surface area contributed by atoms with Gasteiger partial charge in [-0.3, -0.25) is 0 Å². The molecule has 0 radical (unpaired) electrons. The molecule has 0 aromatic heterocycles. The quantitative estimate of drug-likeness (QED) is 0.721. The second-order valence-corrected chi connectivity index (χ2v) is 4.60. The van der Waals surface area contributed by atoms with Crippen molar-refractivity contribution in [2.45, 2.75) is 11.8 Å². The smallest absolute Gasteiger partial charge is 0.0527 e. The van der Waals surface area contributed by atoms with E-state index in [2.05, 4.69) is 11.9 Å². The lowest BCUT2D eigenvalue weighted by Gasteiger charge is -2.22. The first-order valence-corrected chi connectivity index (χ1v) is 5.89. The van der Waals surface area contributed by atoms with Gasteiger partial charge in [-0.1, -0.05) is 30.5 Å². The minimum Gasteiger partial charge on any atom is -0.399 e. The van der Waals surface area contributed by atoms with Gasteiger partial charge in [-0.25, -0.2) is 0 Å². The lowest BCUT2D eigenvalue weighted by Crippen LogP contribution is -2.06. The summed E-state index contributed by atoms with van der Waals surface area (Å²) in [6.07, 6.45) is 6.05. The second-order valence-electron chi connectivity index (χ2n) is 3.52. The highest BCUT2D eigenvalue weighted by molar-refractivity contribution is 8.03. The molecule has 0 bridgehead atoms. The van der Waals surface area contributed by atoms with Crippen molar-refractivity contribution < 1.29 is 0 Å². The first kappa shape index (κ1) is 10.9. The molecule has 0 spiro atoms. The van der Waals surface area contributed by atoms with E-state index in [0.717, 1.165) is 26.9 Å². The number of rotatable bonds is 1. The Morgan fingerprint density at radius 2 is 2.25 bits per heavy atom. The van der Waals surface area contributed by atoms with E-state index >= 15 is 0 Å². The molecule has 1 aliphatic heterocycles. The van der Waals surface area contributed by atoms with Crippen LogP contribution in [0.15, 0.2) is 58.5 Å². The van der Waals surface area contributed by atoms with Gasteiger partial charge in [0.1, 0.15) is 0 Å². The van der Waals surface area contributed by atoms with Crippen molar-refractivity contribution in [1.82, 2.24) is 0 Å². The molecule has 1 aromatic rings. The Hall–Kier alpha value is -1.61. The van der Waals surface area contributed by atoms with Crippen LogP contribution >= 0.6 is 11.8 Å². The largest absolute Gasteiger partial charge is 0.399 e. The van der Waals surface area contributed by atoms with Crippen LogP contribution < -0.4 is 11.1 Å². The van der Waals surface area contributed by atoms with Crippen LogP contribution in [-0.2, 0) is 0 Å². The zero-order valence-electron chi connectivity index (χ0n) is 9.16. The van der Waals surface area contributed by atoms with Gasteiger partial charge in [0.2, 0.25) is 0 Å². The van der Waals surface area contributed by atoms with E-state index in [1.807, 2.05) is 43.4 Å². The van der Waals surface area contributed by atoms with Crippen molar-refractivity contribution in [3.8, 4) is 0 Å². The molecule has 1 heterocycles. The second kappa shape index (κ2) is 4.49. The van der Waals surface area contributed by atoms with Gasteiger partial charge in [0.25, 0.3) is 0 Å². The molecule has 1 aromatic carbocycles. The number of nitrogen functional groups attached to an aromatic ring is 1. The number of nitrogens with one attached hydrogen (secondary N) is 1. The number of hydrogen-bond acceptors (Lipinski definition) is 3. The maximum atomic E-state index is 5.77. The van der Waals surface area contributed by atoms with Crippen molar-refractivity contribution >= 4 is 23.1 Å². The summed E-state index contributed by atoms with van der Waals surface area (Å²) in [5, 5.41) is 3.27. The highest BCUT2D eigenvalue weighted by Gasteiger charge is 2.15. The molecule has 0 fully saturated rings. The monoisotopic (exact) mass is 230 g/mol. The van der Waals surface area contributed by atoms with E-state index in [1.165, 1.54) is 0 Å². The molecule has 0 amide bonds. The molecular formula is C13H14N2S. The third-order valence-electron chi connectivity index (χ3n) is 2.25. The summed E-state index contributed by atoms with van der Waals surface area (Å²) in [6, 6.07) is 5.85. The molecule has 2 nitrogen and oxygen atoms in total. The van der Waals surface area contributed by atoms with Gasteiger partial charge in [0, 0.05) is 21.2 Å². The average molecular weight is 230 g/mol. The Morgan fingerprint density at radius 1 is 1.44 bits per heavy atom. The lowest BCUT2D eigenvalue weighted by molar-refractivity contribution is 1.35. The fourth-order valence-electron chi connectivity index (χ4n) is 1.45. The third kappa shape index (κ3) is 2.14. The van der Waals surface area contributed by atoms with Crippen LogP contribution in [0.25, 0.3) is 0 Å². The summed E-state index contributed by atoms with van der Waals surface area (Å²) in [5.74, 6) is 0. The summed E-state index contributed by atoms with van der Waals surface area (Å²) in [7, 11) is 0. The van der Waals surface area contributed by atoms with E-state index in [4.69, 9.17) is 5.73 Å². The molecule has 0 saturated carbocycles. The first-order valence-electron chi connectivity index (χ1n) is 5.07. The molecule has 82 valence electrons. The van der Waals surface area contributed by atoms with Gasteiger partial charge in [0.15, 0.2) is 0 Å². The summed E-state index contributed by atoms with van der Waals surface area (Å²) < 4.78 is 0. The highest BCUT2D eigenvalue weighted by Crippen LogP contribution is 2.42. The van der Waals surface area contributed by atoms with Crippen molar-refractivity contribution in [1.29, 1.82) is 0 Å². The lowest BCUT2D eigenvalue weighted by atomic mass is 10.2. The number of benzene rings is 1. The summed E-state index contributed by atoms with van der Waals surface area (Å²) in [6.45, 7) is 6.00. The van der Waals surface area contributed by atoms with Gasteiger partial charge < -0.3 is 11.1 Å². The summed E-state index contributed by atoms with van der Waals surface area (Å²) in [4.78, 5) is 2.26. The summed E-state index contributed by atoms with van der Waals surface area (Å²) >= 11 is 1.69. The first-order chi connectivity index (χ1) is 7.70. The van der Waals surface area contributed by atoms with E-state index in [1.54, 1.807) is 11.8 Å². The van der Waals surface area contributed by atoms with Gasteiger partial charge in [-0.15, -0.1) is 0 Å². The topological polar surface area (TPSA) is 38.0 Å². The molecule has 0 saturated heterocycles. The van der Waals surface area contributed by atoms with Gasteiger partial charge >= 0.3 is 0 Å². The van der Waals surface area contributed by atoms with Crippen LogP contribution in [0.1, 0.15) is 6.92 Å². The van der Waals surface area contributed by atoms with Crippen LogP contribution in [0.2, 0.25) is 0 Å². The Morgan fingerprint density at radius 3 is 3.00 bits per heavy atom. The molecular weight excluding hydrogens is 216 g/mol. The normalized spacial score (nSPS) is 17.6. The highest BCUT2D eigenvalue weighted by atomic mass is 32.2. The molecule has 0 unspecified atom stereocenters. The van der Waals surface area contributed by atoms with E-state index in [-0.39, 0.29) is 0 Å². The van der Waals surface area contributed by atoms with Crippen molar-refractivity contribution in [3.05, 3.63) is 53.6 Å². The molecule has 3 N–H and O–H groups in total. The zero-order valence-corrected chi connectivity index (χ0v) is 9.97. The van der Waals surface area contributed by atoms with Crippen molar-refractivity contribution in [3.63, 3.8) is 0 Å². The fourth-order valence-corrected chi connectivity index (χ4v) is 2.43. The number of nitrogens with two attached hydrogens (primary N) is 1. The van der Waals surface area contributed by atoms with Gasteiger partial charge in [-0.2, -0.15) is 0 Å². The maximum absolute atomic E-state index is 5.77. The van der Waals surface area contributed by atoms with Crippen LogP contribution in [0.5, 0.6) is 0 Å². The summed E-state index contributed by atoms with van der Waals surface area (Å²) in [5.41, 5.74) is 8.55. The Bertz CT molecular complexity index is 487. The molecule has 16 heavy (non-hydrogen) atoms. The van der Waals surface area contributed by atoms with Crippen molar-refractivity contribution in [2.24, 2.45) is 0 Å². The minimum atomic E-state index is 0.783. The predicted molar refractivity (Wildman–Crippen MR) is 72.4 cm³/mol. The molecule has 2 rings (SSSR count). The van der Waals surface area contributed by atoms with Crippen LogP contribution in [-0.4, -0.2) is 0 Å². The van der Waals surface area contributed by atoms with Crippen LogP contribution in [0.4, 0.5) is 11.4 Å². The fraction of sp³-hybridized carbons (Fsp3) is 0.0769. The SMILES string of the molecule is C=C1Nc2ccc(N)cc2S/C1=C/C=C\C. The molecule has 0 aliphatic carbocycles. The Kier molecular flexibility index (Phi) is 3.06. The number of thioether (sulfide) groups is 1. The van der Waals surface area contributed by atoms with Gasteiger partial charge in [0.05, 0.1) is 5.69 Å². The number of fused-ring (bicyclic) bond motifs is 1. The maximum Gasteiger partial charge on any atom is 0.0527 e. The van der Waals surface area contributed by atoms with E-state index in [0.29, 0.717) is 0 Å².